The molecule has 0 aliphatic heterocycles. The second-order valence-electron chi connectivity index (χ2n) is 7.24. The van der Waals surface area contributed by atoms with Crippen molar-refractivity contribution in [3.05, 3.63) is 29.3 Å². The van der Waals surface area contributed by atoms with Crippen LogP contribution in [0.15, 0.2) is 18.2 Å². The maximum atomic E-state index is 11.7. The molecule has 0 bridgehead atoms. The zero-order valence-corrected chi connectivity index (χ0v) is 14.8. The topological polar surface area (TPSA) is 111 Å². The lowest BCUT2D eigenvalue weighted by atomic mass is 9.80. The molecule has 24 heavy (non-hydrogen) atoms. The van der Waals surface area contributed by atoms with E-state index in [1.165, 1.54) is 12.1 Å². The van der Waals surface area contributed by atoms with Crippen LogP contribution in [0.25, 0.3) is 0 Å². The van der Waals surface area contributed by atoms with Gasteiger partial charge in [0.15, 0.2) is 0 Å². The summed E-state index contributed by atoms with van der Waals surface area (Å²) < 4.78 is 5.19. The van der Waals surface area contributed by atoms with Gasteiger partial charge in [0.2, 0.25) is 0 Å². The van der Waals surface area contributed by atoms with Crippen molar-refractivity contribution < 1.29 is 24.5 Å². The van der Waals surface area contributed by atoms with Crippen molar-refractivity contribution in [3.63, 3.8) is 0 Å². The van der Waals surface area contributed by atoms with Crippen molar-refractivity contribution in [1.29, 1.82) is 0 Å². The first kappa shape index (κ1) is 19.8. The number of rotatable bonds is 5. The lowest BCUT2D eigenvalue weighted by molar-refractivity contribution is -0.182. The SMILES string of the molecule is CC(C)(C)OC(=O)NCCC(C)(C)c1ccc(C(=O)OO)cc1N. The standard InChI is InChI=1S/C17H26N2O5/c1-16(2,3)23-15(21)19-9-8-17(4,5)12-7-6-11(10-13(12)18)14(20)24-22/h6-7,10,22H,8-9,18H2,1-5H3,(H,19,21). The molecule has 134 valence electrons. The fraction of sp³-hybridized carbons (Fsp3) is 0.529. The van der Waals surface area contributed by atoms with Crippen molar-refractivity contribution >= 4 is 17.7 Å². The van der Waals surface area contributed by atoms with Gasteiger partial charge >= 0.3 is 12.1 Å². The summed E-state index contributed by atoms with van der Waals surface area (Å²) in [5.74, 6) is -0.863. The van der Waals surface area contributed by atoms with Crippen molar-refractivity contribution in [1.82, 2.24) is 5.32 Å². The van der Waals surface area contributed by atoms with Crippen LogP contribution >= 0.6 is 0 Å². The average molecular weight is 338 g/mol. The fourth-order valence-corrected chi connectivity index (χ4v) is 2.28. The van der Waals surface area contributed by atoms with Crippen LogP contribution in [0.2, 0.25) is 0 Å². The number of nitrogen functional groups attached to an aromatic ring is 1. The Labute approximate surface area is 142 Å². The summed E-state index contributed by atoms with van der Waals surface area (Å²) in [7, 11) is 0. The molecule has 4 N–H and O–H groups in total. The third-order valence-electron chi connectivity index (χ3n) is 3.52. The minimum absolute atomic E-state index is 0.168. The molecule has 1 aromatic carbocycles. The molecule has 1 amide bonds. The largest absolute Gasteiger partial charge is 0.444 e. The van der Waals surface area contributed by atoms with Gasteiger partial charge in [0.25, 0.3) is 0 Å². The van der Waals surface area contributed by atoms with Crippen LogP contribution in [0.1, 0.15) is 57.0 Å². The molecule has 0 saturated heterocycles. The van der Waals surface area contributed by atoms with Gasteiger partial charge < -0.3 is 15.8 Å². The molecular formula is C17H26N2O5. The van der Waals surface area contributed by atoms with E-state index in [4.69, 9.17) is 15.7 Å². The molecular weight excluding hydrogens is 312 g/mol. The Morgan fingerprint density at radius 2 is 1.83 bits per heavy atom. The van der Waals surface area contributed by atoms with Gasteiger partial charge in [0.05, 0.1) is 5.56 Å². The van der Waals surface area contributed by atoms with Gasteiger partial charge in [-0.05, 0) is 50.3 Å². The number of carbonyl (C=O) groups excluding carboxylic acids is 2. The van der Waals surface area contributed by atoms with E-state index in [-0.39, 0.29) is 11.0 Å². The van der Waals surface area contributed by atoms with Crippen LogP contribution < -0.4 is 11.1 Å². The first-order valence-corrected chi connectivity index (χ1v) is 7.69. The van der Waals surface area contributed by atoms with Gasteiger partial charge in [0, 0.05) is 12.2 Å². The highest BCUT2D eigenvalue weighted by Gasteiger charge is 2.24. The molecule has 0 heterocycles. The van der Waals surface area contributed by atoms with E-state index < -0.39 is 17.7 Å². The second kappa shape index (κ2) is 7.53. The minimum Gasteiger partial charge on any atom is -0.444 e. The molecule has 0 saturated carbocycles. The van der Waals surface area contributed by atoms with Gasteiger partial charge in [-0.25, -0.2) is 9.59 Å². The Morgan fingerprint density at radius 3 is 2.33 bits per heavy atom. The summed E-state index contributed by atoms with van der Waals surface area (Å²) in [6.45, 7) is 9.79. The van der Waals surface area contributed by atoms with Gasteiger partial charge in [-0.1, -0.05) is 19.9 Å². The third kappa shape index (κ3) is 5.73. The van der Waals surface area contributed by atoms with E-state index in [1.54, 1.807) is 26.8 Å². The van der Waals surface area contributed by atoms with Gasteiger partial charge in [-0.3, -0.25) is 4.89 Å². The maximum absolute atomic E-state index is 11.7. The molecule has 7 heteroatoms. The monoisotopic (exact) mass is 338 g/mol. The van der Waals surface area contributed by atoms with Crippen LogP contribution in [-0.4, -0.2) is 29.5 Å². The van der Waals surface area contributed by atoms with Crippen LogP contribution in [0.5, 0.6) is 0 Å². The van der Waals surface area contributed by atoms with Gasteiger partial charge in [-0.15, -0.1) is 0 Å². The Bertz CT molecular complexity index is 605. The highest BCUT2D eigenvalue weighted by atomic mass is 17.1. The molecule has 0 aromatic heterocycles. The van der Waals surface area contributed by atoms with Crippen molar-refractivity contribution in [2.75, 3.05) is 12.3 Å². The zero-order chi connectivity index (χ0) is 18.5. The van der Waals surface area contributed by atoms with Gasteiger partial charge in [0.1, 0.15) is 5.60 Å². The molecule has 0 atom stereocenters. The van der Waals surface area contributed by atoms with E-state index in [0.29, 0.717) is 18.7 Å². The van der Waals surface area contributed by atoms with Crippen molar-refractivity contribution in [2.24, 2.45) is 0 Å². The number of ether oxygens (including phenoxy) is 1. The van der Waals surface area contributed by atoms with E-state index in [0.717, 1.165) is 5.56 Å². The Morgan fingerprint density at radius 1 is 1.21 bits per heavy atom. The Hall–Kier alpha value is -2.28. The number of benzene rings is 1. The Kier molecular flexibility index (Phi) is 6.20. The number of hydrogen-bond acceptors (Lipinski definition) is 6. The molecule has 0 aliphatic rings. The lowest BCUT2D eigenvalue weighted by Gasteiger charge is -2.27. The smallest absolute Gasteiger partial charge is 0.407 e. The molecule has 0 spiro atoms. The molecule has 7 nitrogen and oxygen atoms in total. The number of anilines is 1. The predicted octanol–water partition coefficient (Wildman–Crippen LogP) is 3.09. The molecule has 0 unspecified atom stereocenters. The molecule has 0 fully saturated rings. The number of carbonyl (C=O) groups is 2. The van der Waals surface area contributed by atoms with E-state index in [2.05, 4.69) is 10.2 Å². The Balaban J connectivity index is 2.71. The van der Waals surface area contributed by atoms with Crippen LogP contribution in [0.3, 0.4) is 0 Å². The van der Waals surface area contributed by atoms with Gasteiger partial charge in [-0.2, -0.15) is 5.26 Å². The predicted molar refractivity (Wildman–Crippen MR) is 90.8 cm³/mol. The van der Waals surface area contributed by atoms with Crippen molar-refractivity contribution in [2.45, 2.75) is 52.1 Å². The molecule has 1 aromatic rings. The van der Waals surface area contributed by atoms with Crippen LogP contribution in [0, 0.1) is 0 Å². The summed E-state index contributed by atoms with van der Waals surface area (Å²) in [6.07, 6.45) is 0.160. The average Bonchev–Trinajstić information content (AvgIpc) is 2.43. The highest BCUT2D eigenvalue weighted by molar-refractivity contribution is 5.90. The highest BCUT2D eigenvalue weighted by Crippen LogP contribution is 2.31. The normalized spacial score (nSPS) is 11.8. The number of hydrogen-bond donors (Lipinski definition) is 3. The first-order valence-electron chi connectivity index (χ1n) is 7.69. The van der Waals surface area contributed by atoms with Crippen molar-refractivity contribution in [3.8, 4) is 0 Å². The van der Waals surface area contributed by atoms with E-state index in [1.807, 2.05) is 13.8 Å². The van der Waals surface area contributed by atoms with Crippen LogP contribution in [0.4, 0.5) is 10.5 Å². The first-order chi connectivity index (χ1) is 11.0. The van der Waals surface area contributed by atoms with Crippen LogP contribution in [-0.2, 0) is 15.0 Å². The van der Waals surface area contributed by atoms with E-state index in [9.17, 15) is 9.59 Å². The lowest BCUT2D eigenvalue weighted by Crippen LogP contribution is -2.35. The molecule has 0 radical (unpaired) electrons. The number of alkyl carbamates (subject to hydrolysis) is 1. The van der Waals surface area contributed by atoms with E-state index >= 15 is 0 Å². The zero-order valence-electron chi connectivity index (χ0n) is 14.8. The third-order valence-corrected chi connectivity index (χ3v) is 3.52. The fourth-order valence-electron chi connectivity index (χ4n) is 2.28. The minimum atomic E-state index is -0.863. The summed E-state index contributed by atoms with van der Waals surface area (Å²) in [6, 6.07) is 4.71. The number of nitrogens with two attached hydrogens (primary N) is 1. The summed E-state index contributed by atoms with van der Waals surface area (Å²) >= 11 is 0. The number of nitrogens with one attached hydrogen (secondary N) is 1. The second-order valence-corrected chi connectivity index (χ2v) is 7.24. The molecule has 0 aliphatic carbocycles. The number of amides is 1. The summed E-state index contributed by atoms with van der Waals surface area (Å²) in [5, 5.41) is 11.1. The maximum Gasteiger partial charge on any atom is 0.407 e. The summed E-state index contributed by atoms with van der Waals surface area (Å²) in [5.41, 5.74) is 6.56. The summed E-state index contributed by atoms with van der Waals surface area (Å²) in [4.78, 5) is 26.7. The quantitative estimate of drug-likeness (QED) is 0.432. The molecule has 1 rings (SSSR count).